The maximum Gasteiger partial charge on any atom is 0.259 e. The van der Waals surface area contributed by atoms with Gasteiger partial charge in [-0.1, -0.05) is 29.7 Å². The van der Waals surface area contributed by atoms with E-state index in [2.05, 4.69) is 5.16 Å². The predicted molar refractivity (Wildman–Crippen MR) is 127 cm³/mol. The number of nitrogens with zero attached hydrogens (tertiary/aromatic N) is 3. The maximum atomic E-state index is 13.2. The summed E-state index contributed by atoms with van der Waals surface area (Å²) < 4.78 is 16.8. The number of aromatic nitrogens is 1. The first kappa shape index (κ1) is 24.5. The lowest BCUT2D eigenvalue weighted by molar-refractivity contribution is -0.139. The second-order valence-electron chi connectivity index (χ2n) is 9.12. The summed E-state index contributed by atoms with van der Waals surface area (Å²) in [4.78, 5) is 30.1. The number of benzene rings is 1. The average Bonchev–Trinajstić information content (AvgIpc) is 3.24. The number of hydrogen-bond acceptors (Lipinski definition) is 6. The zero-order valence-electron chi connectivity index (χ0n) is 19.8. The Morgan fingerprint density at radius 1 is 1.15 bits per heavy atom. The average molecular weight is 490 g/mol. The van der Waals surface area contributed by atoms with Crippen LogP contribution in [-0.4, -0.2) is 72.8 Å². The van der Waals surface area contributed by atoms with Crippen molar-refractivity contribution in [2.75, 3.05) is 46.0 Å². The molecule has 0 saturated carbocycles. The van der Waals surface area contributed by atoms with Crippen LogP contribution in [0.5, 0.6) is 5.75 Å². The van der Waals surface area contributed by atoms with E-state index in [9.17, 15) is 9.59 Å². The van der Waals surface area contributed by atoms with E-state index in [1.54, 1.807) is 19.1 Å². The highest BCUT2D eigenvalue weighted by Crippen LogP contribution is 2.37. The van der Waals surface area contributed by atoms with Gasteiger partial charge >= 0.3 is 0 Å². The molecule has 0 radical (unpaired) electrons. The molecular weight excluding hydrogens is 458 g/mol. The van der Waals surface area contributed by atoms with Crippen LogP contribution in [0.1, 0.15) is 48.0 Å². The Labute approximate surface area is 205 Å². The first-order valence-corrected chi connectivity index (χ1v) is 12.3. The molecule has 2 amide bonds. The van der Waals surface area contributed by atoms with Gasteiger partial charge in [0.2, 0.25) is 5.91 Å². The van der Waals surface area contributed by atoms with Crippen LogP contribution in [0.15, 0.2) is 28.8 Å². The van der Waals surface area contributed by atoms with Gasteiger partial charge in [-0.2, -0.15) is 0 Å². The smallest absolute Gasteiger partial charge is 0.259 e. The van der Waals surface area contributed by atoms with Crippen LogP contribution in [0.4, 0.5) is 0 Å². The van der Waals surface area contributed by atoms with Gasteiger partial charge in [0.25, 0.3) is 5.91 Å². The molecule has 9 heteroatoms. The summed E-state index contributed by atoms with van der Waals surface area (Å²) in [7, 11) is 0. The van der Waals surface area contributed by atoms with Crippen molar-refractivity contribution >= 4 is 23.4 Å². The number of rotatable bonds is 7. The molecule has 0 aliphatic carbocycles. The fourth-order valence-corrected chi connectivity index (χ4v) is 4.87. The molecule has 4 rings (SSSR count). The molecule has 2 saturated heterocycles. The number of piperidine rings is 1. The highest BCUT2D eigenvalue weighted by molar-refractivity contribution is 6.30. The number of aryl methyl sites for hydroxylation is 2. The van der Waals surface area contributed by atoms with Crippen molar-refractivity contribution in [1.82, 2.24) is 15.0 Å². The summed E-state index contributed by atoms with van der Waals surface area (Å²) >= 11 is 6.12. The number of amides is 2. The third-order valence-electron chi connectivity index (χ3n) is 6.82. The van der Waals surface area contributed by atoms with Crippen LogP contribution in [0.3, 0.4) is 0 Å². The number of ether oxygens (including phenoxy) is 2. The van der Waals surface area contributed by atoms with Gasteiger partial charge in [-0.25, -0.2) is 0 Å². The summed E-state index contributed by atoms with van der Waals surface area (Å²) in [5.41, 5.74) is 0.881. The summed E-state index contributed by atoms with van der Waals surface area (Å²) in [6.45, 7) is 7.56. The van der Waals surface area contributed by atoms with E-state index in [1.807, 2.05) is 28.9 Å². The number of hydrogen-bond donors (Lipinski definition) is 0. The van der Waals surface area contributed by atoms with Gasteiger partial charge in [-0.3, -0.25) is 9.59 Å². The molecule has 0 N–H and O–H groups in total. The van der Waals surface area contributed by atoms with E-state index in [-0.39, 0.29) is 17.2 Å². The highest BCUT2D eigenvalue weighted by Gasteiger charge is 2.40. The number of likely N-dealkylation sites (tertiary alicyclic amines) is 1. The molecule has 184 valence electrons. The van der Waals surface area contributed by atoms with Crippen molar-refractivity contribution in [1.29, 1.82) is 0 Å². The van der Waals surface area contributed by atoms with Crippen molar-refractivity contribution in [3.05, 3.63) is 46.3 Å². The molecule has 2 aliphatic rings. The molecule has 8 nitrogen and oxygen atoms in total. The van der Waals surface area contributed by atoms with E-state index in [0.29, 0.717) is 99.5 Å². The molecule has 2 aliphatic heterocycles. The van der Waals surface area contributed by atoms with Crippen molar-refractivity contribution in [2.24, 2.45) is 5.41 Å². The van der Waals surface area contributed by atoms with Crippen LogP contribution in [0.25, 0.3) is 0 Å². The quantitative estimate of drug-likeness (QED) is 0.589. The first-order valence-electron chi connectivity index (χ1n) is 11.9. The molecule has 0 unspecified atom stereocenters. The number of halogens is 1. The highest BCUT2D eigenvalue weighted by atomic mass is 35.5. The van der Waals surface area contributed by atoms with E-state index in [0.717, 1.165) is 0 Å². The lowest BCUT2D eigenvalue weighted by atomic mass is 9.75. The van der Waals surface area contributed by atoms with Crippen molar-refractivity contribution in [3.63, 3.8) is 0 Å². The third kappa shape index (κ3) is 5.55. The summed E-state index contributed by atoms with van der Waals surface area (Å²) in [5, 5.41) is 4.63. The van der Waals surface area contributed by atoms with Gasteiger partial charge in [-0.15, -0.1) is 0 Å². The molecule has 1 aromatic heterocycles. The normalized spacial score (nSPS) is 18.1. The Hall–Kier alpha value is -2.58. The Bertz CT molecular complexity index is 1010. The second-order valence-corrected chi connectivity index (χ2v) is 9.56. The number of carbonyl (C=O) groups excluding carboxylic acids is 2. The van der Waals surface area contributed by atoms with Crippen LogP contribution in [-0.2, 0) is 16.0 Å². The lowest BCUT2D eigenvalue weighted by Gasteiger charge is -2.42. The SMILES string of the molecule is CCc1noc(C)c1C(=O)N1CCC(COc2cccc(Cl)c2)(CC(=O)N2CCOCC2)CC1. The second kappa shape index (κ2) is 10.8. The maximum absolute atomic E-state index is 13.2. The predicted octanol–water partition coefficient (Wildman–Crippen LogP) is 3.75. The standard InChI is InChI=1S/C25H32ClN3O5/c1-3-21-23(18(2)34-27-21)24(31)29-9-7-25(8-10-29,16-22(30)28-11-13-32-14-12-28)17-33-20-6-4-5-19(26)15-20/h4-6,15H,3,7-14,16-17H2,1-2H3. The van der Waals surface area contributed by atoms with Crippen molar-refractivity contribution in [2.45, 2.75) is 39.5 Å². The van der Waals surface area contributed by atoms with E-state index < -0.39 is 0 Å². The van der Waals surface area contributed by atoms with Gasteiger partial charge in [0, 0.05) is 43.0 Å². The summed E-state index contributed by atoms with van der Waals surface area (Å²) in [5.74, 6) is 1.28. The van der Waals surface area contributed by atoms with Gasteiger partial charge < -0.3 is 23.8 Å². The van der Waals surface area contributed by atoms with Gasteiger partial charge in [0.15, 0.2) is 0 Å². The van der Waals surface area contributed by atoms with Crippen molar-refractivity contribution in [3.8, 4) is 5.75 Å². The number of morpholine rings is 1. The topological polar surface area (TPSA) is 85.1 Å². The molecule has 0 spiro atoms. The Morgan fingerprint density at radius 3 is 2.56 bits per heavy atom. The van der Waals surface area contributed by atoms with E-state index >= 15 is 0 Å². The third-order valence-corrected chi connectivity index (χ3v) is 7.06. The minimum atomic E-state index is -0.369. The molecule has 0 bridgehead atoms. The van der Waals surface area contributed by atoms with E-state index in [4.69, 9.17) is 25.6 Å². The monoisotopic (exact) mass is 489 g/mol. The summed E-state index contributed by atoms with van der Waals surface area (Å²) in [6, 6.07) is 7.28. The molecule has 2 fully saturated rings. The lowest BCUT2D eigenvalue weighted by Crippen LogP contribution is -2.49. The molecule has 2 aromatic rings. The van der Waals surface area contributed by atoms with Gasteiger partial charge in [0.1, 0.15) is 17.1 Å². The minimum absolute atomic E-state index is 0.0561. The van der Waals surface area contributed by atoms with Crippen LogP contribution >= 0.6 is 11.6 Å². The van der Waals surface area contributed by atoms with Crippen LogP contribution < -0.4 is 4.74 Å². The zero-order valence-corrected chi connectivity index (χ0v) is 20.6. The zero-order chi connectivity index (χ0) is 24.1. The molecule has 3 heterocycles. The van der Waals surface area contributed by atoms with Crippen LogP contribution in [0, 0.1) is 12.3 Å². The summed E-state index contributed by atoms with van der Waals surface area (Å²) in [6.07, 6.45) is 2.35. The molecular formula is C25H32ClN3O5. The molecule has 1 aromatic carbocycles. The Kier molecular flexibility index (Phi) is 7.78. The van der Waals surface area contributed by atoms with E-state index in [1.165, 1.54) is 0 Å². The van der Waals surface area contributed by atoms with Gasteiger partial charge in [0.05, 0.1) is 25.5 Å². The fraction of sp³-hybridized carbons (Fsp3) is 0.560. The van der Waals surface area contributed by atoms with Crippen molar-refractivity contribution < 1.29 is 23.6 Å². The minimum Gasteiger partial charge on any atom is -0.493 e. The molecule has 0 atom stereocenters. The largest absolute Gasteiger partial charge is 0.493 e. The van der Waals surface area contributed by atoms with Gasteiger partial charge in [-0.05, 0) is 44.4 Å². The first-order chi connectivity index (χ1) is 16.4. The Morgan fingerprint density at radius 2 is 1.88 bits per heavy atom. The fourth-order valence-electron chi connectivity index (χ4n) is 4.69. The Balaban J connectivity index is 1.47. The number of carbonyl (C=O) groups is 2. The molecule has 34 heavy (non-hydrogen) atoms. The van der Waals surface area contributed by atoms with Crippen LogP contribution in [0.2, 0.25) is 5.02 Å².